The van der Waals surface area contributed by atoms with E-state index in [1.807, 2.05) is 20.2 Å². The van der Waals surface area contributed by atoms with Gasteiger partial charge in [0.15, 0.2) is 0 Å². The minimum Gasteiger partial charge on any atom is -0.476 e. The summed E-state index contributed by atoms with van der Waals surface area (Å²) in [6, 6.07) is 10.5. The number of nitrogens with zero attached hydrogens (tertiary/aromatic N) is 2. The van der Waals surface area contributed by atoms with Crippen LogP contribution in [-0.2, 0) is 6.42 Å². The van der Waals surface area contributed by atoms with E-state index in [1.54, 1.807) is 13.8 Å². The zero-order valence-corrected chi connectivity index (χ0v) is 15.7. The Morgan fingerprint density at radius 1 is 1.21 bits per heavy atom. The lowest BCUT2D eigenvalue weighted by Crippen LogP contribution is -2.19. The summed E-state index contributed by atoms with van der Waals surface area (Å²) in [5, 5.41) is 10.4. The standard InChI is InChI=1S/C17H24N2O.C3H8O/c1-4-5-9-15-13-14-8-6-7-10-16(14)17(18-15)20-12-11-19(2)3;1-3(2)4/h6-8,10,13H,4-5,9,11-12H2,1-3H3;3-4H,1-2H3. The fourth-order valence-corrected chi connectivity index (χ4v) is 2.14. The van der Waals surface area contributed by atoms with Gasteiger partial charge in [-0.05, 0) is 58.3 Å². The van der Waals surface area contributed by atoms with Gasteiger partial charge < -0.3 is 14.7 Å². The van der Waals surface area contributed by atoms with Crippen molar-refractivity contribution < 1.29 is 9.84 Å². The van der Waals surface area contributed by atoms with Crippen LogP contribution in [0.4, 0.5) is 0 Å². The number of fused-ring (bicyclic) bond motifs is 1. The molecule has 4 nitrogen and oxygen atoms in total. The topological polar surface area (TPSA) is 45.6 Å². The lowest BCUT2D eigenvalue weighted by Gasteiger charge is -2.13. The zero-order chi connectivity index (χ0) is 17.9. The van der Waals surface area contributed by atoms with E-state index in [-0.39, 0.29) is 6.10 Å². The Bertz CT molecular complexity index is 594. The molecule has 1 aromatic carbocycles. The van der Waals surface area contributed by atoms with Gasteiger partial charge in [0, 0.05) is 23.7 Å². The number of ether oxygens (including phenoxy) is 1. The average Bonchev–Trinajstić information content (AvgIpc) is 2.52. The van der Waals surface area contributed by atoms with Gasteiger partial charge in [0.2, 0.25) is 5.88 Å². The van der Waals surface area contributed by atoms with Crippen LogP contribution in [0.5, 0.6) is 5.88 Å². The maximum Gasteiger partial charge on any atom is 0.221 e. The number of unbranched alkanes of at least 4 members (excludes halogenated alkanes) is 1. The molecule has 0 radical (unpaired) electrons. The van der Waals surface area contributed by atoms with Gasteiger partial charge in [0.05, 0.1) is 0 Å². The quantitative estimate of drug-likeness (QED) is 0.835. The van der Waals surface area contributed by atoms with E-state index in [9.17, 15) is 0 Å². The van der Waals surface area contributed by atoms with Gasteiger partial charge in [-0.1, -0.05) is 31.5 Å². The number of benzene rings is 1. The first-order valence-corrected chi connectivity index (χ1v) is 8.78. The first-order chi connectivity index (χ1) is 11.4. The fourth-order valence-electron chi connectivity index (χ4n) is 2.14. The van der Waals surface area contributed by atoms with Gasteiger partial charge in [0.25, 0.3) is 0 Å². The molecular formula is C20H32N2O2. The van der Waals surface area contributed by atoms with Crippen LogP contribution >= 0.6 is 0 Å². The summed E-state index contributed by atoms with van der Waals surface area (Å²) in [4.78, 5) is 6.81. The smallest absolute Gasteiger partial charge is 0.221 e. The van der Waals surface area contributed by atoms with Crippen molar-refractivity contribution in [1.29, 1.82) is 0 Å². The maximum absolute atomic E-state index is 8.06. The van der Waals surface area contributed by atoms with Crippen molar-refractivity contribution in [2.45, 2.75) is 46.1 Å². The normalized spacial score (nSPS) is 10.8. The van der Waals surface area contributed by atoms with Crippen molar-refractivity contribution in [3.8, 4) is 5.88 Å². The summed E-state index contributed by atoms with van der Waals surface area (Å²) in [6.45, 7) is 7.21. The Labute approximate surface area is 146 Å². The van der Waals surface area contributed by atoms with Gasteiger partial charge in [-0.2, -0.15) is 0 Å². The highest BCUT2D eigenvalue weighted by Crippen LogP contribution is 2.25. The van der Waals surface area contributed by atoms with Gasteiger partial charge in [0.1, 0.15) is 6.61 Å². The molecule has 0 saturated heterocycles. The number of hydrogen-bond acceptors (Lipinski definition) is 4. The molecular weight excluding hydrogens is 300 g/mol. The number of aromatic nitrogens is 1. The monoisotopic (exact) mass is 332 g/mol. The molecule has 0 aliphatic heterocycles. The van der Waals surface area contributed by atoms with Crippen LogP contribution in [0.25, 0.3) is 10.8 Å². The molecule has 1 heterocycles. The average molecular weight is 332 g/mol. The number of aliphatic hydroxyl groups excluding tert-OH is 1. The number of rotatable bonds is 7. The highest BCUT2D eigenvalue weighted by molar-refractivity contribution is 5.87. The summed E-state index contributed by atoms with van der Waals surface area (Å²) in [5.74, 6) is 0.774. The van der Waals surface area contributed by atoms with Gasteiger partial charge in [-0.15, -0.1) is 0 Å². The molecule has 4 heteroatoms. The van der Waals surface area contributed by atoms with Crippen molar-refractivity contribution in [3.05, 3.63) is 36.0 Å². The van der Waals surface area contributed by atoms with Gasteiger partial charge >= 0.3 is 0 Å². The third kappa shape index (κ3) is 7.75. The third-order valence-electron chi connectivity index (χ3n) is 3.32. The van der Waals surface area contributed by atoms with Crippen LogP contribution < -0.4 is 4.74 Å². The van der Waals surface area contributed by atoms with E-state index >= 15 is 0 Å². The van der Waals surface area contributed by atoms with E-state index in [0.717, 1.165) is 29.9 Å². The van der Waals surface area contributed by atoms with E-state index < -0.39 is 0 Å². The number of aryl methyl sites for hydroxylation is 1. The minimum absolute atomic E-state index is 0.167. The highest BCUT2D eigenvalue weighted by atomic mass is 16.5. The molecule has 0 bridgehead atoms. The summed E-state index contributed by atoms with van der Waals surface area (Å²) in [5.41, 5.74) is 1.13. The SMILES string of the molecule is CC(C)O.CCCCc1cc2ccccc2c(OCCN(C)C)n1. The van der Waals surface area contributed by atoms with E-state index in [4.69, 9.17) is 14.8 Å². The van der Waals surface area contributed by atoms with Crippen LogP contribution in [-0.4, -0.2) is 48.3 Å². The van der Waals surface area contributed by atoms with E-state index in [0.29, 0.717) is 6.61 Å². The molecule has 0 atom stereocenters. The molecule has 0 amide bonds. The Hall–Kier alpha value is -1.65. The van der Waals surface area contributed by atoms with Crippen LogP contribution in [0.2, 0.25) is 0 Å². The van der Waals surface area contributed by atoms with Crippen molar-refractivity contribution >= 4 is 10.8 Å². The zero-order valence-electron chi connectivity index (χ0n) is 15.7. The predicted octanol–water partition coefficient (Wildman–Crippen LogP) is 3.90. The Morgan fingerprint density at radius 2 is 1.88 bits per heavy atom. The predicted molar refractivity (Wildman–Crippen MR) is 102 cm³/mol. The molecule has 2 aromatic rings. The molecule has 1 aromatic heterocycles. The molecule has 0 spiro atoms. The molecule has 0 saturated carbocycles. The van der Waals surface area contributed by atoms with Crippen molar-refractivity contribution in [3.63, 3.8) is 0 Å². The van der Waals surface area contributed by atoms with Crippen LogP contribution in [0.1, 0.15) is 39.3 Å². The molecule has 24 heavy (non-hydrogen) atoms. The minimum atomic E-state index is -0.167. The maximum atomic E-state index is 8.06. The first kappa shape index (κ1) is 20.4. The van der Waals surface area contributed by atoms with E-state index in [1.165, 1.54) is 18.2 Å². The van der Waals surface area contributed by atoms with Crippen LogP contribution in [0.3, 0.4) is 0 Å². The molecule has 0 aliphatic rings. The second-order valence-corrected chi connectivity index (χ2v) is 6.49. The number of likely N-dealkylation sites (N-methyl/N-ethyl adjacent to an activating group) is 1. The molecule has 0 aliphatic carbocycles. The van der Waals surface area contributed by atoms with E-state index in [2.05, 4.69) is 36.1 Å². The largest absolute Gasteiger partial charge is 0.476 e. The summed E-state index contributed by atoms with van der Waals surface area (Å²) in [6.07, 6.45) is 3.21. The summed E-state index contributed by atoms with van der Waals surface area (Å²) >= 11 is 0. The fraction of sp³-hybridized carbons (Fsp3) is 0.550. The van der Waals surface area contributed by atoms with Crippen LogP contribution in [0.15, 0.2) is 30.3 Å². The molecule has 0 fully saturated rings. The molecule has 2 rings (SSSR count). The van der Waals surface area contributed by atoms with Crippen LogP contribution in [0, 0.1) is 0 Å². The molecule has 134 valence electrons. The second kappa shape index (κ2) is 11.0. The summed E-state index contributed by atoms with van der Waals surface area (Å²) in [7, 11) is 4.10. The van der Waals surface area contributed by atoms with Crippen molar-refractivity contribution in [2.24, 2.45) is 0 Å². The number of hydrogen-bond donors (Lipinski definition) is 1. The van der Waals surface area contributed by atoms with Gasteiger partial charge in [-0.3, -0.25) is 0 Å². The van der Waals surface area contributed by atoms with Crippen molar-refractivity contribution in [2.75, 3.05) is 27.2 Å². The highest BCUT2D eigenvalue weighted by Gasteiger charge is 2.07. The Balaban J connectivity index is 0.000000648. The molecule has 1 N–H and O–H groups in total. The Morgan fingerprint density at radius 3 is 2.50 bits per heavy atom. The second-order valence-electron chi connectivity index (χ2n) is 6.49. The number of pyridine rings is 1. The lowest BCUT2D eigenvalue weighted by atomic mass is 10.1. The third-order valence-corrected chi connectivity index (χ3v) is 3.32. The summed E-state index contributed by atoms with van der Waals surface area (Å²) < 4.78 is 5.90. The Kier molecular flexibility index (Phi) is 9.35. The molecule has 0 unspecified atom stereocenters. The van der Waals surface area contributed by atoms with Crippen molar-refractivity contribution in [1.82, 2.24) is 9.88 Å². The number of aliphatic hydroxyl groups is 1. The van der Waals surface area contributed by atoms with Gasteiger partial charge in [-0.25, -0.2) is 4.98 Å². The first-order valence-electron chi connectivity index (χ1n) is 8.78. The lowest BCUT2D eigenvalue weighted by molar-refractivity contribution is 0.216.